The van der Waals surface area contributed by atoms with Crippen LogP contribution in [0.2, 0.25) is 0 Å². The van der Waals surface area contributed by atoms with Crippen LogP contribution in [-0.4, -0.2) is 67.2 Å². The molecule has 0 saturated carbocycles. The summed E-state index contributed by atoms with van der Waals surface area (Å²) in [7, 11) is 0. The number of carbonyl (C=O) groups excluding carboxylic acids is 1. The number of pyridine rings is 3. The molecule has 1 fully saturated rings. The van der Waals surface area contributed by atoms with Crippen molar-refractivity contribution in [2.24, 2.45) is 0 Å². The lowest BCUT2D eigenvalue weighted by Gasteiger charge is -2.40. The van der Waals surface area contributed by atoms with Gasteiger partial charge < -0.3 is 9.80 Å². The number of amides is 1. The number of fused-ring (bicyclic) bond motifs is 1. The molecule has 0 aliphatic carbocycles. The topological polar surface area (TPSA) is 97.1 Å². The van der Waals surface area contributed by atoms with Crippen molar-refractivity contribution in [2.75, 3.05) is 30.8 Å². The van der Waals surface area contributed by atoms with E-state index in [1.807, 2.05) is 51.0 Å². The van der Waals surface area contributed by atoms with E-state index in [1.54, 1.807) is 23.5 Å². The fourth-order valence-corrected chi connectivity index (χ4v) is 5.91. The number of anilines is 1. The van der Waals surface area contributed by atoms with Gasteiger partial charge in [0.1, 0.15) is 17.3 Å². The van der Waals surface area contributed by atoms with Crippen molar-refractivity contribution in [3.8, 4) is 16.9 Å². The number of carbonyl (C=O) groups is 1. The van der Waals surface area contributed by atoms with E-state index in [-0.39, 0.29) is 29.2 Å². The van der Waals surface area contributed by atoms with E-state index in [1.165, 1.54) is 28.5 Å². The van der Waals surface area contributed by atoms with Gasteiger partial charge in [-0.3, -0.25) is 14.8 Å². The summed E-state index contributed by atoms with van der Waals surface area (Å²) in [5.41, 5.74) is 2.51. The number of rotatable bonds is 6. The van der Waals surface area contributed by atoms with Gasteiger partial charge in [-0.25, -0.2) is 18.7 Å². The number of aryl methyl sites for hydroxylation is 1. The van der Waals surface area contributed by atoms with Crippen LogP contribution < -0.4 is 10.6 Å². The summed E-state index contributed by atoms with van der Waals surface area (Å²) in [5.74, 6) is -0.365. The smallest absolute Gasteiger partial charge is 0.350 e. The first-order valence-corrected chi connectivity index (χ1v) is 14.6. The van der Waals surface area contributed by atoms with Crippen LogP contribution in [0, 0.1) is 12.7 Å². The Morgan fingerprint density at radius 1 is 1.22 bits per heavy atom. The molecule has 11 heteroatoms. The summed E-state index contributed by atoms with van der Waals surface area (Å²) in [5, 5.41) is 0.397. The van der Waals surface area contributed by atoms with Gasteiger partial charge in [-0.15, -0.1) is 11.8 Å². The van der Waals surface area contributed by atoms with Crippen LogP contribution in [0.1, 0.15) is 37.9 Å². The molecule has 41 heavy (non-hydrogen) atoms. The Morgan fingerprint density at radius 3 is 2.68 bits per heavy atom. The van der Waals surface area contributed by atoms with Crippen molar-refractivity contribution in [3.63, 3.8) is 0 Å². The zero-order chi connectivity index (χ0) is 29.4. The van der Waals surface area contributed by atoms with E-state index in [2.05, 4.69) is 21.5 Å². The van der Waals surface area contributed by atoms with Crippen molar-refractivity contribution in [2.45, 2.75) is 44.6 Å². The first-order chi connectivity index (χ1) is 19.7. The highest BCUT2D eigenvalue weighted by Gasteiger charge is 2.30. The maximum atomic E-state index is 16.0. The molecule has 1 amide bonds. The highest BCUT2D eigenvalue weighted by Crippen LogP contribution is 2.35. The minimum atomic E-state index is -0.547. The Hall–Kier alpha value is -4.12. The molecule has 4 aromatic rings. The summed E-state index contributed by atoms with van der Waals surface area (Å²) >= 11 is 1.46. The van der Waals surface area contributed by atoms with Crippen molar-refractivity contribution in [1.29, 1.82) is 0 Å². The lowest BCUT2D eigenvalue weighted by atomic mass is 10.0. The normalized spacial score (nSPS) is 15.5. The van der Waals surface area contributed by atoms with E-state index in [0.717, 1.165) is 10.5 Å². The molecule has 0 unspecified atom stereocenters. The maximum absolute atomic E-state index is 16.0. The third-order valence-corrected chi connectivity index (χ3v) is 8.16. The van der Waals surface area contributed by atoms with Crippen LogP contribution in [0.5, 0.6) is 0 Å². The summed E-state index contributed by atoms with van der Waals surface area (Å²) < 4.78 is 17.4. The first-order valence-electron chi connectivity index (χ1n) is 13.4. The van der Waals surface area contributed by atoms with Gasteiger partial charge in [-0.1, -0.05) is 20.4 Å². The minimum absolute atomic E-state index is 0.00311. The summed E-state index contributed by atoms with van der Waals surface area (Å²) in [6.07, 6.45) is 8.15. The molecule has 0 spiro atoms. The molecule has 5 heterocycles. The predicted octanol–water partition coefficient (Wildman–Crippen LogP) is 4.75. The number of hydrogen-bond acceptors (Lipinski definition) is 8. The number of piperazine rings is 1. The van der Waals surface area contributed by atoms with Gasteiger partial charge in [0.25, 0.3) is 0 Å². The Morgan fingerprint density at radius 2 is 2.00 bits per heavy atom. The monoisotopic (exact) mass is 573 g/mol. The molecule has 1 aliphatic rings. The largest absolute Gasteiger partial charge is 0.355 e. The van der Waals surface area contributed by atoms with Crippen molar-refractivity contribution in [3.05, 3.63) is 77.0 Å². The maximum Gasteiger partial charge on any atom is 0.355 e. The molecule has 0 radical (unpaired) electrons. The molecule has 9 nitrogen and oxygen atoms in total. The van der Waals surface area contributed by atoms with Gasteiger partial charge in [-0.05, 0) is 55.9 Å². The summed E-state index contributed by atoms with van der Waals surface area (Å²) in [6, 6.07) is 4.86. The van der Waals surface area contributed by atoms with Crippen molar-refractivity contribution in [1.82, 2.24) is 29.4 Å². The average Bonchev–Trinajstić information content (AvgIpc) is 2.96. The Balaban J connectivity index is 1.82. The van der Waals surface area contributed by atoms with Gasteiger partial charge in [0.2, 0.25) is 5.91 Å². The van der Waals surface area contributed by atoms with Gasteiger partial charge in [0.15, 0.2) is 5.65 Å². The van der Waals surface area contributed by atoms with Gasteiger partial charge >= 0.3 is 5.69 Å². The Labute approximate surface area is 242 Å². The zero-order valence-electron chi connectivity index (χ0n) is 23.8. The molecule has 0 aromatic carbocycles. The van der Waals surface area contributed by atoms with E-state index in [9.17, 15) is 9.59 Å². The highest BCUT2D eigenvalue weighted by atomic mass is 32.2. The standard InChI is InChI=1S/C30H32FN7O2S/c1-7-24(39)36-12-13-37(19(5)16-36)28-20-14-22(31)26(21-15-32-10-9-23(21)41-6)34-29(20)38(30(40)35-28)27-18(4)8-11-33-25(27)17(2)3/h7-11,14-15,17,19H,1,12-13,16H2,2-6H3/t19-/m0/s1. The number of aromatic nitrogens is 5. The summed E-state index contributed by atoms with van der Waals surface area (Å²) in [6.45, 7) is 12.7. The van der Waals surface area contributed by atoms with Crippen LogP contribution in [0.25, 0.3) is 28.0 Å². The quantitative estimate of drug-likeness (QED) is 0.241. The van der Waals surface area contributed by atoms with E-state index < -0.39 is 11.5 Å². The predicted molar refractivity (Wildman–Crippen MR) is 160 cm³/mol. The molecular weight excluding hydrogens is 541 g/mol. The fourth-order valence-electron chi connectivity index (χ4n) is 5.34. The molecule has 212 valence electrons. The van der Waals surface area contributed by atoms with Crippen LogP contribution in [0.15, 0.2) is 59.1 Å². The first kappa shape index (κ1) is 28.4. The van der Waals surface area contributed by atoms with Crippen LogP contribution >= 0.6 is 11.8 Å². The molecule has 1 aliphatic heterocycles. The lowest BCUT2D eigenvalue weighted by molar-refractivity contribution is -0.126. The van der Waals surface area contributed by atoms with Gasteiger partial charge in [0.05, 0.1) is 16.8 Å². The molecular formula is C30H32FN7O2S. The lowest BCUT2D eigenvalue weighted by Crippen LogP contribution is -2.54. The second-order valence-corrected chi connectivity index (χ2v) is 11.2. The third-order valence-electron chi connectivity index (χ3n) is 7.37. The minimum Gasteiger partial charge on any atom is -0.350 e. The molecule has 5 rings (SSSR count). The molecule has 4 aromatic heterocycles. The van der Waals surface area contributed by atoms with Gasteiger partial charge in [0, 0.05) is 54.7 Å². The zero-order valence-corrected chi connectivity index (χ0v) is 24.6. The second-order valence-electron chi connectivity index (χ2n) is 10.4. The van der Waals surface area contributed by atoms with E-state index >= 15 is 4.39 Å². The second kappa shape index (κ2) is 11.4. The van der Waals surface area contributed by atoms with Crippen molar-refractivity contribution < 1.29 is 9.18 Å². The van der Waals surface area contributed by atoms with Gasteiger partial charge in [-0.2, -0.15) is 4.98 Å². The molecule has 1 atom stereocenters. The highest BCUT2D eigenvalue weighted by molar-refractivity contribution is 7.98. The Bertz CT molecular complexity index is 1720. The summed E-state index contributed by atoms with van der Waals surface area (Å²) in [4.78, 5) is 48.8. The molecule has 1 saturated heterocycles. The third kappa shape index (κ3) is 5.10. The van der Waals surface area contributed by atoms with E-state index in [0.29, 0.717) is 47.8 Å². The molecule has 0 N–H and O–H groups in total. The number of hydrogen-bond donors (Lipinski definition) is 0. The Kier molecular flexibility index (Phi) is 7.90. The fraction of sp³-hybridized carbons (Fsp3) is 0.333. The van der Waals surface area contributed by atoms with Crippen LogP contribution in [0.4, 0.5) is 10.2 Å². The number of halogens is 1. The average molecular weight is 574 g/mol. The SMILES string of the molecule is C=CC(=O)N1CCN(c2nc(=O)n(-c3c(C)ccnc3C(C)C)c3nc(-c4cnccc4SC)c(F)cc23)[C@@H](C)C1. The molecule has 0 bridgehead atoms. The number of thioether (sulfide) groups is 1. The van der Waals surface area contributed by atoms with Crippen LogP contribution in [0.3, 0.4) is 0 Å². The van der Waals surface area contributed by atoms with E-state index in [4.69, 9.17) is 4.98 Å². The van der Waals surface area contributed by atoms with Crippen LogP contribution in [-0.2, 0) is 4.79 Å². The van der Waals surface area contributed by atoms with Crippen molar-refractivity contribution >= 4 is 34.5 Å². The number of nitrogens with zero attached hydrogens (tertiary/aromatic N) is 7.